The molecule has 92 valence electrons. The first-order valence-corrected chi connectivity index (χ1v) is 5.90. The summed E-state index contributed by atoms with van der Waals surface area (Å²) in [7, 11) is 0. The maximum absolute atomic E-state index is 10.6. The Hall–Kier alpha value is -1.55. The number of aliphatic carboxylic acids is 1. The van der Waals surface area contributed by atoms with E-state index in [-0.39, 0.29) is 6.42 Å². The smallest absolute Gasteiger partial charge is 0.303 e. The predicted octanol–water partition coefficient (Wildman–Crippen LogP) is 1.54. The molecule has 1 saturated heterocycles. The number of aryl methyl sites for hydroxylation is 1. The summed E-state index contributed by atoms with van der Waals surface area (Å²) in [5, 5.41) is 8.74. The minimum absolute atomic E-state index is 0.182. The maximum atomic E-state index is 10.6. The Morgan fingerprint density at radius 2 is 2.00 bits per heavy atom. The maximum Gasteiger partial charge on any atom is 0.303 e. The molecular weight excluding hydrogens is 218 g/mol. The molecular formula is C13H17NO3. The van der Waals surface area contributed by atoms with E-state index in [4.69, 9.17) is 9.84 Å². The van der Waals surface area contributed by atoms with Crippen LogP contribution in [0.15, 0.2) is 24.3 Å². The van der Waals surface area contributed by atoms with Crippen molar-refractivity contribution in [2.24, 2.45) is 0 Å². The Morgan fingerprint density at radius 3 is 2.71 bits per heavy atom. The number of nitrogens with zero attached hydrogens (tertiary/aromatic N) is 1. The van der Waals surface area contributed by atoms with Crippen LogP contribution < -0.4 is 4.90 Å². The van der Waals surface area contributed by atoms with E-state index in [1.165, 1.54) is 0 Å². The van der Waals surface area contributed by atoms with Crippen molar-refractivity contribution < 1.29 is 14.6 Å². The van der Waals surface area contributed by atoms with Crippen LogP contribution in [0.3, 0.4) is 0 Å². The van der Waals surface area contributed by atoms with Crippen molar-refractivity contribution in [3.05, 3.63) is 29.8 Å². The summed E-state index contributed by atoms with van der Waals surface area (Å²) < 4.78 is 5.32. The highest BCUT2D eigenvalue weighted by molar-refractivity contribution is 5.68. The third-order valence-corrected chi connectivity index (χ3v) is 2.95. The van der Waals surface area contributed by atoms with Crippen molar-refractivity contribution in [1.82, 2.24) is 0 Å². The molecule has 0 aliphatic carbocycles. The molecule has 0 aromatic heterocycles. The number of ether oxygens (including phenoxy) is 1. The fraction of sp³-hybridized carbons (Fsp3) is 0.462. The third kappa shape index (κ3) is 3.20. The largest absolute Gasteiger partial charge is 0.481 e. The second-order valence-electron chi connectivity index (χ2n) is 4.12. The Morgan fingerprint density at radius 1 is 1.29 bits per heavy atom. The molecule has 0 saturated carbocycles. The Bertz CT molecular complexity index is 386. The van der Waals surface area contributed by atoms with E-state index in [2.05, 4.69) is 11.0 Å². The van der Waals surface area contributed by atoms with Crippen molar-refractivity contribution >= 4 is 11.7 Å². The van der Waals surface area contributed by atoms with Crippen molar-refractivity contribution in [2.75, 3.05) is 31.2 Å². The van der Waals surface area contributed by atoms with Gasteiger partial charge in [0.25, 0.3) is 0 Å². The van der Waals surface area contributed by atoms with Crippen LogP contribution in [0.5, 0.6) is 0 Å². The highest BCUT2D eigenvalue weighted by Gasteiger charge is 2.14. The first-order valence-electron chi connectivity index (χ1n) is 5.90. The highest BCUT2D eigenvalue weighted by atomic mass is 16.5. The van der Waals surface area contributed by atoms with Gasteiger partial charge >= 0.3 is 5.97 Å². The molecule has 1 N–H and O–H groups in total. The number of carboxylic acids is 1. The minimum Gasteiger partial charge on any atom is -0.481 e. The van der Waals surface area contributed by atoms with Crippen LogP contribution >= 0.6 is 0 Å². The molecule has 0 unspecified atom stereocenters. The van der Waals surface area contributed by atoms with Crippen LogP contribution in [0.25, 0.3) is 0 Å². The molecule has 1 fully saturated rings. The van der Waals surface area contributed by atoms with E-state index in [0.717, 1.165) is 37.6 Å². The number of carbonyl (C=O) groups is 1. The lowest BCUT2D eigenvalue weighted by molar-refractivity contribution is -0.136. The molecule has 0 bridgehead atoms. The molecule has 0 amide bonds. The molecule has 4 heteroatoms. The van der Waals surface area contributed by atoms with Crippen molar-refractivity contribution in [2.45, 2.75) is 12.8 Å². The summed E-state index contributed by atoms with van der Waals surface area (Å²) >= 11 is 0. The van der Waals surface area contributed by atoms with Crippen LogP contribution in [0.1, 0.15) is 12.0 Å². The van der Waals surface area contributed by atoms with Gasteiger partial charge in [0.05, 0.1) is 13.2 Å². The second-order valence-corrected chi connectivity index (χ2v) is 4.12. The molecule has 17 heavy (non-hydrogen) atoms. The van der Waals surface area contributed by atoms with Gasteiger partial charge in [-0.25, -0.2) is 0 Å². The van der Waals surface area contributed by atoms with E-state index in [9.17, 15) is 4.79 Å². The van der Waals surface area contributed by atoms with E-state index in [1.807, 2.05) is 18.2 Å². The van der Waals surface area contributed by atoms with Crippen molar-refractivity contribution in [3.63, 3.8) is 0 Å². The quantitative estimate of drug-likeness (QED) is 0.860. The highest BCUT2D eigenvalue weighted by Crippen LogP contribution is 2.22. The average Bonchev–Trinajstić information content (AvgIpc) is 2.38. The zero-order chi connectivity index (χ0) is 12.1. The van der Waals surface area contributed by atoms with Gasteiger partial charge in [0.1, 0.15) is 0 Å². The molecule has 0 radical (unpaired) electrons. The SMILES string of the molecule is O=C(O)CCc1ccccc1N1CCOCC1. The topological polar surface area (TPSA) is 49.8 Å². The summed E-state index contributed by atoms with van der Waals surface area (Å²) in [4.78, 5) is 12.9. The first-order chi connectivity index (χ1) is 8.27. The van der Waals surface area contributed by atoms with Gasteiger partial charge in [-0.05, 0) is 18.1 Å². The molecule has 0 atom stereocenters. The zero-order valence-corrected chi connectivity index (χ0v) is 9.76. The molecule has 1 heterocycles. The third-order valence-electron chi connectivity index (χ3n) is 2.95. The fourth-order valence-electron chi connectivity index (χ4n) is 2.08. The number of morpholine rings is 1. The number of anilines is 1. The first kappa shape index (κ1) is 11.9. The normalized spacial score (nSPS) is 15.9. The zero-order valence-electron chi connectivity index (χ0n) is 9.76. The monoisotopic (exact) mass is 235 g/mol. The molecule has 1 aliphatic heterocycles. The van der Waals surface area contributed by atoms with Crippen LogP contribution in [0, 0.1) is 0 Å². The lowest BCUT2D eigenvalue weighted by Gasteiger charge is -2.30. The molecule has 2 rings (SSSR count). The van der Waals surface area contributed by atoms with Crippen molar-refractivity contribution in [3.8, 4) is 0 Å². The fourth-order valence-corrected chi connectivity index (χ4v) is 2.08. The standard InChI is InChI=1S/C13H17NO3/c15-13(16)6-5-11-3-1-2-4-12(11)14-7-9-17-10-8-14/h1-4H,5-10H2,(H,15,16). The van der Waals surface area contributed by atoms with Gasteiger partial charge in [0.2, 0.25) is 0 Å². The minimum atomic E-state index is -0.748. The number of rotatable bonds is 4. The number of carboxylic acid groups (broad SMARTS) is 1. The van der Waals surface area contributed by atoms with Gasteiger partial charge in [-0.1, -0.05) is 18.2 Å². The molecule has 4 nitrogen and oxygen atoms in total. The van der Waals surface area contributed by atoms with Gasteiger partial charge in [0, 0.05) is 25.2 Å². The van der Waals surface area contributed by atoms with Gasteiger partial charge < -0.3 is 14.7 Å². The van der Waals surface area contributed by atoms with E-state index in [1.54, 1.807) is 0 Å². The van der Waals surface area contributed by atoms with Crippen LogP contribution in [0.4, 0.5) is 5.69 Å². The molecule has 1 aliphatic rings. The summed E-state index contributed by atoms with van der Waals surface area (Å²) in [5.41, 5.74) is 2.26. The summed E-state index contributed by atoms with van der Waals surface area (Å²) in [6.07, 6.45) is 0.768. The van der Waals surface area contributed by atoms with E-state index >= 15 is 0 Å². The second kappa shape index (κ2) is 5.68. The predicted molar refractivity (Wildman–Crippen MR) is 65.4 cm³/mol. The number of para-hydroxylation sites is 1. The average molecular weight is 235 g/mol. The van der Waals surface area contributed by atoms with E-state index < -0.39 is 5.97 Å². The van der Waals surface area contributed by atoms with Crippen LogP contribution in [0.2, 0.25) is 0 Å². The summed E-state index contributed by atoms with van der Waals surface area (Å²) in [5.74, 6) is -0.748. The molecule has 1 aromatic rings. The number of benzene rings is 1. The summed E-state index contributed by atoms with van der Waals surface area (Å²) in [6.45, 7) is 3.24. The van der Waals surface area contributed by atoms with Crippen molar-refractivity contribution in [1.29, 1.82) is 0 Å². The lowest BCUT2D eigenvalue weighted by Crippen LogP contribution is -2.36. The van der Waals surface area contributed by atoms with Crippen LogP contribution in [-0.2, 0) is 16.0 Å². The van der Waals surface area contributed by atoms with Gasteiger partial charge in [-0.15, -0.1) is 0 Å². The molecule has 1 aromatic carbocycles. The van der Waals surface area contributed by atoms with Gasteiger partial charge in [-0.3, -0.25) is 4.79 Å². The number of hydrogen-bond donors (Lipinski definition) is 1. The summed E-state index contributed by atoms with van der Waals surface area (Å²) in [6, 6.07) is 8.02. The van der Waals surface area contributed by atoms with Crippen LogP contribution in [-0.4, -0.2) is 37.4 Å². The Labute approximate surface area is 101 Å². The lowest BCUT2D eigenvalue weighted by atomic mass is 10.1. The Kier molecular flexibility index (Phi) is 3.98. The van der Waals surface area contributed by atoms with E-state index in [0.29, 0.717) is 6.42 Å². The number of hydrogen-bond acceptors (Lipinski definition) is 3. The molecule has 0 spiro atoms. The Balaban J connectivity index is 2.11. The van der Waals surface area contributed by atoms with Gasteiger partial charge in [0.15, 0.2) is 0 Å². The van der Waals surface area contributed by atoms with Gasteiger partial charge in [-0.2, -0.15) is 0 Å².